The van der Waals surface area contributed by atoms with E-state index in [0.717, 1.165) is 12.8 Å². The van der Waals surface area contributed by atoms with Crippen molar-refractivity contribution in [1.82, 2.24) is 4.31 Å². The number of rotatable bonds is 6. The van der Waals surface area contributed by atoms with Gasteiger partial charge < -0.3 is 10.8 Å². The van der Waals surface area contributed by atoms with Crippen molar-refractivity contribution in [2.24, 2.45) is 5.73 Å². The van der Waals surface area contributed by atoms with Crippen molar-refractivity contribution < 1.29 is 13.5 Å². The first-order chi connectivity index (χ1) is 8.96. The molecule has 0 heterocycles. The van der Waals surface area contributed by atoms with Gasteiger partial charge in [-0.15, -0.1) is 0 Å². The number of hydrogen-bond acceptors (Lipinski definition) is 4. The van der Waals surface area contributed by atoms with E-state index in [2.05, 4.69) is 0 Å². The second-order valence-corrected chi connectivity index (χ2v) is 6.79. The number of nitrogens with zero attached hydrogens (tertiary/aromatic N) is 1. The molecule has 1 saturated carbocycles. The van der Waals surface area contributed by atoms with Gasteiger partial charge in [0.05, 0.1) is 11.5 Å². The van der Waals surface area contributed by atoms with E-state index in [9.17, 15) is 8.42 Å². The Morgan fingerprint density at radius 2 is 1.95 bits per heavy atom. The zero-order valence-corrected chi connectivity index (χ0v) is 12.0. The Bertz CT molecular complexity index is 565. The normalized spacial score (nSPS) is 15.7. The highest BCUT2D eigenvalue weighted by atomic mass is 32.2. The van der Waals surface area contributed by atoms with Crippen LogP contribution in [-0.2, 0) is 10.0 Å². The molecule has 0 unspecified atom stereocenters. The minimum atomic E-state index is -3.55. The van der Waals surface area contributed by atoms with Gasteiger partial charge in [-0.25, -0.2) is 8.42 Å². The number of aliphatic hydroxyl groups is 1. The lowest BCUT2D eigenvalue weighted by Gasteiger charge is -2.20. The van der Waals surface area contributed by atoms with Crippen molar-refractivity contribution in [3.63, 3.8) is 0 Å². The van der Waals surface area contributed by atoms with Gasteiger partial charge in [-0.3, -0.25) is 0 Å². The Balaban J connectivity index is 2.29. The molecule has 1 aliphatic carbocycles. The van der Waals surface area contributed by atoms with E-state index in [1.165, 1.54) is 16.4 Å². The van der Waals surface area contributed by atoms with E-state index in [0.29, 0.717) is 5.56 Å². The lowest BCUT2D eigenvalue weighted by molar-refractivity contribution is 0.250. The number of sulfonamides is 1. The molecule has 0 aliphatic heterocycles. The quantitative estimate of drug-likeness (QED) is 0.746. The molecule has 104 valence electrons. The van der Waals surface area contributed by atoms with Gasteiger partial charge in [0, 0.05) is 18.2 Å². The first-order valence-electron chi connectivity index (χ1n) is 5.99. The molecule has 3 N–H and O–H groups in total. The summed E-state index contributed by atoms with van der Waals surface area (Å²) in [5.41, 5.74) is 6.11. The molecule has 0 bridgehead atoms. The van der Waals surface area contributed by atoms with Crippen LogP contribution in [0.3, 0.4) is 0 Å². The van der Waals surface area contributed by atoms with Crippen LogP contribution in [0.5, 0.6) is 0 Å². The summed E-state index contributed by atoms with van der Waals surface area (Å²) in [5.74, 6) is 0. The average Bonchev–Trinajstić information content (AvgIpc) is 3.20. The van der Waals surface area contributed by atoms with E-state index < -0.39 is 10.0 Å². The van der Waals surface area contributed by atoms with E-state index in [4.69, 9.17) is 23.1 Å². The second-order valence-electron chi connectivity index (χ2n) is 4.46. The number of thiocarbonyl (C=S) groups is 1. The lowest BCUT2D eigenvalue weighted by atomic mass is 10.2. The minimum Gasteiger partial charge on any atom is -0.395 e. The predicted octanol–water partition coefficient (Wildman–Crippen LogP) is 0.466. The molecule has 1 aliphatic rings. The summed E-state index contributed by atoms with van der Waals surface area (Å²) >= 11 is 4.83. The first kappa shape index (κ1) is 14.4. The van der Waals surface area contributed by atoms with Crippen LogP contribution in [-0.4, -0.2) is 42.0 Å². The van der Waals surface area contributed by atoms with Gasteiger partial charge in [-0.05, 0) is 25.0 Å². The zero-order chi connectivity index (χ0) is 14.0. The molecule has 1 fully saturated rings. The summed E-state index contributed by atoms with van der Waals surface area (Å²) in [6.45, 7) is -0.0508. The van der Waals surface area contributed by atoms with E-state index in [1.54, 1.807) is 12.1 Å². The maximum Gasteiger partial charge on any atom is 0.243 e. The van der Waals surface area contributed by atoms with Crippen molar-refractivity contribution in [2.45, 2.75) is 23.8 Å². The number of nitrogens with two attached hydrogens (primary N) is 1. The Kier molecular flexibility index (Phi) is 4.19. The SMILES string of the molecule is NC(=S)c1ccc(S(=O)(=O)N(CCO)C2CC2)cc1. The van der Waals surface area contributed by atoms with Gasteiger partial charge >= 0.3 is 0 Å². The zero-order valence-electron chi connectivity index (χ0n) is 10.3. The largest absolute Gasteiger partial charge is 0.395 e. The topological polar surface area (TPSA) is 83.6 Å². The van der Waals surface area contributed by atoms with Crippen molar-refractivity contribution in [1.29, 1.82) is 0 Å². The fourth-order valence-electron chi connectivity index (χ4n) is 1.89. The molecule has 0 amide bonds. The predicted molar refractivity (Wildman–Crippen MR) is 76.3 cm³/mol. The summed E-state index contributed by atoms with van der Waals surface area (Å²) in [5, 5.41) is 9.00. The van der Waals surface area contributed by atoms with Crippen molar-refractivity contribution >= 4 is 27.2 Å². The van der Waals surface area contributed by atoms with Gasteiger partial charge in [0.1, 0.15) is 4.99 Å². The average molecular weight is 300 g/mol. The fraction of sp³-hybridized carbons (Fsp3) is 0.417. The molecule has 19 heavy (non-hydrogen) atoms. The molecule has 0 atom stereocenters. The molecule has 1 aromatic rings. The van der Waals surface area contributed by atoms with Gasteiger partial charge in [-0.1, -0.05) is 24.4 Å². The van der Waals surface area contributed by atoms with E-state index in [-0.39, 0.29) is 29.1 Å². The maximum atomic E-state index is 12.4. The van der Waals surface area contributed by atoms with Gasteiger partial charge in [0.2, 0.25) is 10.0 Å². The molecule has 0 saturated heterocycles. The Labute approximate surface area is 118 Å². The molecular formula is C12H16N2O3S2. The van der Waals surface area contributed by atoms with Gasteiger partial charge in [0.15, 0.2) is 0 Å². The maximum absolute atomic E-state index is 12.4. The third-order valence-electron chi connectivity index (χ3n) is 3.02. The summed E-state index contributed by atoms with van der Waals surface area (Å²) in [6, 6.07) is 6.21. The van der Waals surface area contributed by atoms with Crippen LogP contribution in [0.15, 0.2) is 29.2 Å². The number of hydrogen-bond donors (Lipinski definition) is 2. The van der Waals surface area contributed by atoms with Gasteiger partial charge in [0.25, 0.3) is 0 Å². The van der Waals surface area contributed by atoms with Gasteiger partial charge in [-0.2, -0.15) is 4.31 Å². The van der Waals surface area contributed by atoms with Crippen LogP contribution in [0.25, 0.3) is 0 Å². The summed E-state index contributed by atoms with van der Waals surface area (Å²) in [7, 11) is -3.55. The first-order valence-corrected chi connectivity index (χ1v) is 7.84. The Hall–Kier alpha value is -1.02. The molecule has 1 aromatic carbocycles. The van der Waals surface area contributed by atoms with Crippen LogP contribution in [0.2, 0.25) is 0 Å². The lowest BCUT2D eigenvalue weighted by Crippen LogP contribution is -2.35. The Morgan fingerprint density at radius 1 is 1.37 bits per heavy atom. The summed E-state index contributed by atoms with van der Waals surface area (Å²) < 4.78 is 26.2. The smallest absolute Gasteiger partial charge is 0.243 e. The highest BCUT2D eigenvalue weighted by Gasteiger charge is 2.37. The van der Waals surface area contributed by atoms with Crippen LogP contribution in [0.1, 0.15) is 18.4 Å². The highest BCUT2D eigenvalue weighted by molar-refractivity contribution is 7.89. The van der Waals surface area contributed by atoms with Crippen LogP contribution < -0.4 is 5.73 Å². The van der Waals surface area contributed by atoms with Crippen molar-refractivity contribution in [3.8, 4) is 0 Å². The summed E-state index contributed by atoms with van der Waals surface area (Å²) in [6.07, 6.45) is 1.70. The number of benzene rings is 1. The fourth-order valence-corrected chi connectivity index (χ4v) is 3.70. The summed E-state index contributed by atoms with van der Waals surface area (Å²) in [4.78, 5) is 0.436. The minimum absolute atomic E-state index is 0.0208. The van der Waals surface area contributed by atoms with E-state index in [1.807, 2.05) is 0 Å². The standard InChI is InChI=1S/C12H16N2O3S2/c13-12(18)9-1-5-11(6-2-9)19(16,17)14(7-8-15)10-3-4-10/h1-2,5-6,10,15H,3-4,7-8H2,(H2,13,18). The monoisotopic (exact) mass is 300 g/mol. The molecule has 2 rings (SSSR count). The molecule has 5 nitrogen and oxygen atoms in total. The highest BCUT2D eigenvalue weighted by Crippen LogP contribution is 2.31. The molecular weight excluding hydrogens is 284 g/mol. The number of aliphatic hydroxyl groups excluding tert-OH is 1. The molecule has 0 aromatic heterocycles. The van der Waals surface area contributed by atoms with Crippen LogP contribution in [0.4, 0.5) is 0 Å². The molecule has 0 spiro atoms. The van der Waals surface area contributed by atoms with Crippen LogP contribution in [0, 0.1) is 0 Å². The second kappa shape index (κ2) is 5.54. The third-order valence-corrected chi connectivity index (χ3v) is 5.22. The molecule has 0 radical (unpaired) electrons. The third kappa shape index (κ3) is 3.11. The van der Waals surface area contributed by atoms with Crippen molar-refractivity contribution in [3.05, 3.63) is 29.8 Å². The van der Waals surface area contributed by atoms with Crippen LogP contribution >= 0.6 is 12.2 Å². The van der Waals surface area contributed by atoms with E-state index >= 15 is 0 Å². The molecule has 7 heteroatoms. The van der Waals surface area contributed by atoms with Crippen molar-refractivity contribution in [2.75, 3.05) is 13.2 Å². The Morgan fingerprint density at radius 3 is 2.37 bits per heavy atom.